The van der Waals surface area contributed by atoms with E-state index in [4.69, 9.17) is 11.1 Å². The topological polar surface area (TPSA) is 110 Å². The molecule has 0 amide bonds. The number of hydrogen-bond donors (Lipinski definition) is 1. The van der Waals surface area contributed by atoms with Gasteiger partial charge in [-0.05, 0) is 49.8 Å². The largest absolute Gasteiger partial charge is 0.317 e. The van der Waals surface area contributed by atoms with E-state index in [0.29, 0.717) is 13.1 Å². The zero-order valence-electron chi connectivity index (χ0n) is 10.3. The van der Waals surface area contributed by atoms with Gasteiger partial charge in [0.05, 0.1) is 0 Å². The van der Waals surface area contributed by atoms with Crippen LogP contribution in [0.1, 0.15) is 38.5 Å². The molecule has 0 aromatic rings. The molecule has 0 atom stereocenters. The van der Waals surface area contributed by atoms with Crippen molar-refractivity contribution in [2.24, 2.45) is 10.2 Å². The van der Waals surface area contributed by atoms with E-state index in [1.807, 2.05) is 0 Å². The van der Waals surface area contributed by atoms with Gasteiger partial charge < -0.3 is 5.32 Å². The van der Waals surface area contributed by atoms with Crippen molar-refractivity contribution >= 4 is 0 Å². The quantitative estimate of drug-likeness (QED) is 0.239. The van der Waals surface area contributed by atoms with Crippen LogP contribution >= 0.6 is 0 Å². The van der Waals surface area contributed by atoms with Gasteiger partial charge in [-0.2, -0.15) is 0 Å². The summed E-state index contributed by atoms with van der Waals surface area (Å²) in [4.78, 5) is 5.41. The third-order valence-corrected chi connectivity index (χ3v) is 2.35. The normalized spacial score (nSPS) is 9.41. The van der Waals surface area contributed by atoms with Crippen LogP contribution in [0.3, 0.4) is 0 Å². The fourth-order valence-electron chi connectivity index (χ4n) is 1.43. The molecule has 0 aliphatic rings. The van der Waals surface area contributed by atoms with E-state index in [9.17, 15) is 0 Å². The van der Waals surface area contributed by atoms with Crippen LogP contribution in [0, 0.1) is 0 Å². The monoisotopic (exact) mass is 239 g/mol. The fraction of sp³-hybridized carbons (Fsp3) is 1.00. The third-order valence-electron chi connectivity index (χ3n) is 2.35. The molecular weight excluding hydrogens is 218 g/mol. The molecule has 0 fully saturated rings. The number of nitrogens with zero attached hydrogens (tertiary/aromatic N) is 6. The van der Waals surface area contributed by atoms with Gasteiger partial charge in [0.15, 0.2) is 0 Å². The molecule has 0 unspecified atom stereocenters. The molecule has 0 spiro atoms. The van der Waals surface area contributed by atoms with Gasteiger partial charge in [-0.25, -0.2) is 0 Å². The van der Waals surface area contributed by atoms with Crippen molar-refractivity contribution in [2.75, 3.05) is 26.2 Å². The van der Waals surface area contributed by atoms with Crippen LogP contribution < -0.4 is 5.32 Å². The number of hydrogen-bond acceptors (Lipinski definition) is 3. The lowest BCUT2D eigenvalue weighted by Gasteiger charge is -2.03. The van der Waals surface area contributed by atoms with Gasteiger partial charge in [0.2, 0.25) is 0 Å². The van der Waals surface area contributed by atoms with E-state index in [-0.39, 0.29) is 0 Å². The average molecular weight is 239 g/mol. The average Bonchev–Trinajstić information content (AvgIpc) is 2.35. The first-order valence-corrected chi connectivity index (χ1v) is 6.14. The van der Waals surface area contributed by atoms with Crippen molar-refractivity contribution in [3.8, 4) is 0 Å². The molecule has 0 saturated carbocycles. The van der Waals surface area contributed by atoms with E-state index in [1.165, 1.54) is 0 Å². The highest BCUT2D eigenvalue weighted by Crippen LogP contribution is 1.96. The molecule has 7 nitrogen and oxygen atoms in total. The minimum Gasteiger partial charge on any atom is -0.317 e. The fourth-order valence-corrected chi connectivity index (χ4v) is 1.43. The van der Waals surface area contributed by atoms with Crippen molar-refractivity contribution in [1.82, 2.24) is 5.32 Å². The van der Waals surface area contributed by atoms with Gasteiger partial charge >= 0.3 is 0 Å². The number of azide groups is 2. The Morgan fingerprint density at radius 1 is 0.706 bits per heavy atom. The zero-order chi connectivity index (χ0) is 12.6. The van der Waals surface area contributed by atoms with Crippen LogP contribution in [0.4, 0.5) is 0 Å². The maximum atomic E-state index is 8.06. The van der Waals surface area contributed by atoms with Crippen molar-refractivity contribution < 1.29 is 0 Å². The summed E-state index contributed by atoms with van der Waals surface area (Å²) in [5.74, 6) is 0. The van der Waals surface area contributed by atoms with Gasteiger partial charge in [0, 0.05) is 22.9 Å². The lowest BCUT2D eigenvalue weighted by atomic mass is 10.2. The summed E-state index contributed by atoms with van der Waals surface area (Å²) in [6.07, 6.45) is 6.39. The molecule has 0 aromatic heterocycles. The number of nitrogens with one attached hydrogen (secondary N) is 1. The Hall–Kier alpha value is -1.42. The standard InChI is InChI=1S/C10H21N7/c11-16-14-9-5-1-3-7-13-8-4-2-6-10-15-17-12/h13H,1-10H2. The lowest BCUT2D eigenvalue weighted by molar-refractivity contribution is 0.572. The van der Waals surface area contributed by atoms with Gasteiger partial charge in [0.1, 0.15) is 0 Å². The van der Waals surface area contributed by atoms with Gasteiger partial charge in [-0.3, -0.25) is 0 Å². The molecule has 0 radical (unpaired) electrons. The first-order valence-electron chi connectivity index (χ1n) is 6.14. The van der Waals surface area contributed by atoms with Crippen molar-refractivity contribution in [1.29, 1.82) is 0 Å². The molecule has 0 aliphatic carbocycles. The second kappa shape index (κ2) is 14.6. The van der Waals surface area contributed by atoms with Gasteiger partial charge in [-0.15, -0.1) is 0 Å². The molecule has 1 N–H and O–H groups in total. The van der Waals surface area contributed by atoms with Crippen LogP contribution in [-0.4, -0.2) is 26.2 Å². The summed E-state index contributed by atoms with van der Waals surface area (Å²) in [5.41, 5.74) is 16.1. The molecule has 96 valence electrons. The Labute approximate surface area is 102 Å². The summed E-state index contributed by atoms with van der Waals surface area (Å²) in [7, 11) is 0. The van der Waals surface area contributed by atoms with Crippen LogP contribution in [0.25, 0.3) is 20.9 Å². The Balaban J connectivity index is 2.98. The molecule has 0 heterocycles. The first kappa shape index (κ1) is 15.6. The molecule has 0 rings (SSSR count). The summed E-state index contributed by atoms with van der Waals surface area (Å²) < 4.78 is 0. The van der Waals surface area contributed by atoms with Crippen molar-refractivity contribution in [3.63, 3.8) is 0 Å². The summed E-state index contributed by atoms with van der Waals surface area (Å²) in [6, 6.07) is 0. The van der Waals surface area contributed by atoms with E-state index in [0.717, 1.165) is 51.6 Å². The highest BCUT2D eigenvalue weighted by molar-refractivity contribution is 4.53. The molecule has 0 bridgehead atoms. The predicted molar refractivity (Wildman–Crippen MR) is 68.6 cm³/mol. The minimum absolute atomic E-state index is 0.607. The van der Waals surface area contributed by atoms with Gasteiger partial charge in [-0.1, -0.05) is 23.1 Å². The van der Waals surface area contributed by atoms with E-state index >= 15 is 0 Å². The molecule has 0 saturated heterocycles. The van der Waals surface area contributed by atoms with Crippen LogP contribution in [0.5, 0.6) is 0 Å². The molecular formula is C10H21N7. The third kappa shape index (κ3) is 14.6. The number of unbranched alkanes of at least 4 members (excludes halogenated alkanes) is 4. The highest BCUT2D eigenvalue weighted by atomic mass is 15.1. The predicted octanol–water partition coefficient (Wildman–Crippen LogP) is 3.54. The highest BCUT2D eigenvalue weighted by Gasteiger charge is 1.90. The van der Waals surface area contributed by atoms with Crippen LogP contribution in [0.2, 0.25) is 0 Å². The summed E-state index contributed by atoms with van der Waals surface area (Å²) in [6.45, 7) is 3.26. The van der Waals surface area contributed by atoms with Crippen LogP contribution in [0.15, 0.2) is 10.2 Å². The SMILES string of the molecule is [N-]=[N+]=NCCCCCNCCCCCN=[N+]=[N-]. The van der Waals surface area contributed by atoms with Crippen molar-refractivity contribution in [3.05, 3.63) is 20.9 Å². The summed E-state index contributed by atoms with van der Waals surface area (Å²) >= 11 is 0. The summed E-state index contributed by atoms with van der Waals surface area (Å²) in [5, 5.41) is 10.3. The minimum atomic E-state index is 0.607. The zero-order valence-corrected chi connectivity index (χ0v) is 10.3. The maximum Gasteiger partial charge on any atom is 0.0257 e. The van der Waals surface area contributed by atoms with E-state index in [1.54, 1.807) is 0 Å². The Morgan fingerprint density at radius 2 is 1.18 bits per heavy atom. The molecule has 7 heteroatoms. The van der Waals surface area contributed by atoms with Gasteiger partial charge in [0.25, 0.3) is 0 Å². The van der Waals surface area contributed by atoms with Crippen molar-refractivity contribution in [2.45, 2.75) is 38.5 Å². The van der Waals surface area contributed by atoms with Crippen LogP contribution in [-0.2, 0) is 0 Å². The number of rotatable bonds is 12. The second-order valence-corrected chi connectivity index (χ2v) is 3.78. The smallest absolute Gasteiger partial charge is 0.0257 e. The first-order chi connectivity index (χ1) is 8.41. The molecule has 17 heavy (non-hydrogen) atoms. The Morgan fingerprint density at radius 3 is 1.59 bits per heavy atom. The maximum absolute atomic E-state index is 8.06. The molecule has 0 aliphatic heterocycles. The lowest BCUT2D eigenvalue weighted by Crippen LogP contribution is -2.16. The molecule has 0 aromatic carbocycles. The Kier molecular flexibility index (Phi) is 13.4. The Bertz CT molecular complexity index is 227. The second-order valence-electron chi connectivity index (χ2n) is 3.78. The van der Waals surface area contributed by atoms with E-state index < -0.39 is 0 Å². The van der Waals surface area contributed by atoms with E-state index in [2.05, 4.69) is 25.4 Å².